The zero-order chi connectivity index (χ0) is 16.4. The Balaban J connectivity index is 1.93. The SMILES string of the molecule is COc1cc2c[n+](CCc3ccccc3C)c(O)cc2cc1O. The van der Waals surface area contributed by atoms with Crippen molar-refractivity contribution in [1.82, 2.24) is 0 Å². The molecule has 0 saturated heterocycles. The molecular formula is C19H20NO3+. The third-order valence-electron chi connectivity index (χ3n) is 4.14. The van der Waals surface area contributed by atoms with E-state index in [0.29, 0.717) is 12.3 Å². The molecule has 0 aliphatic carbocycles. The highest BCUT2D eigenvalue weighted by Gasteiger charge is 2.14. The largest absolute Gasteiger partial charge is 0.504 e. The molecule has 23 heavy (non-hydrogen) atoms. The van der Waals surface area contributed by atoms with Crippen molar-refractivity contribution in [3.05, 3.63) is 59.8 Å². The highest BCUT2D eigenvalue weighted by Crippen LogP contribution is 2.31. The van der Waals surface area contributed by atoms with Crippen molar-refractivity contribution in [1.29, 1.82) is 0 Å². The molecule has 4 nitrogen and oxygen atoms in total. The first-order valence-corrected chi connectivity index (χ1v) is 7.56. The van der Waals surface area contributed by atoms with Crippen LogP contribution in [0.4, 0.5) is 0 Å². The number of phenolic OH excluding ortho intramolecular Hbond substituents is 1. The molecule has 0 aliphatic heterocycles. The first kappa shape index (κ1) is 15.2. The molecule has 4 heteroatoms. The van der Waals surface area contributed by atoms with Gasteiger partial charge in [-0.1, -0.05) is 24.3 Å². The zero-order valence-electron chi connectivity index (χ0n) is 13.3. The first-order valence-electron chi connectivity index (χ1n) is 7.56. The summed E-state index contributed by atoms with van der Waals surface area (Å²) in [4.78, 5) is 0. The molecule has 3 aromatic rings. The summed E-state index contributed by atoms with van der Waals surface area (Å²) in [5.41, 5.74) is 2.52. The molecule has 118 valence electrons. The molecule has 0 bridgehead atoms. The fraction of sp³-hybridized carbons (Fsp3) is 0.211. The fourth-order valence-electron chi connectivity index (χ4n) is 2.77. The Kier molecular flexibility index (Phi) is 4.06. The van der Waals surface area contributed by atoms with E-state index < -0.39 is 0 Å². The predicted octanol–water partition coefficient (Wildman–Crippen LogP) is 3.10. The van der Waals surface area contributed by atoms with Crippen LogP contribution in [0.3, 0.4) is 0 Å². The van der Waals surface area contributed by atoms with Gasteiger partial charge < -0.3 is 14.9 Å². The monoisotopic (exact) mass is 310 g/mol. The van der Waals surface area contributed by atoms with Crippen molar-refractivity contribution in [2.45, 2.75) is 19.9 Å². The summed E-state index contributed by atoms with van der Waals surface area (Å²) in [5.74, 6) is 0.668. The lowest BCUT2D eigenvalue weighted by molar-refractivity contribution is -0.700. The van der Waals surface area contributed by atoms with Crippen LogP contribution in [0.5, 0.6) is 17.4 Å². The van der Waals surface area contributed by atoms with Crippen LogP contribution in [0, 0.1) is 6.92 Å². The van der Waals surface area contributed by atoms with Gasteiger partial charge in [0, 0.05) is 17.2 Å². The van der Waals surface area contributed by atoms with Crippen LogP contribution in [0.25, 0.3) is 10.8 Å². The van der Waals surface area contributed by atoms with Crippen LogP contribution in [-0.2, 0) is 13.0 Å². The highest BCUT2D eigenvalue weighted by molar-refractivity contribution is 5.85. The lowest BCUT2D eigenvalue weighted by Gasteiger charge is -2.07. The standard InChI is InChI=1S/C19H19NO3/c1-13-5-3-4-6-14(13)7-8-20-12-16-10-18(23-2)17(21)9-15(16)11-19(20)22/h3-6,9-12H,7-8H2,1-2H3,(H,21,22)/p+1. The molecule has 2 aromatic carbocycles. The van der Waals surface area contributed by atoms with Crippen LogP contribution >= 0.6 is 0 Å². The Labute approximate surface area is 135 Å². The van der Waals surface area contributed by atoms with Crippen LogP contribution in [-0.4, -0.2) is 17.3 Å². The van der Waals surface area contributed by atoms with Gasteiger partial charge in [0.2, 0.25) is 0 Å². The highest BCUT2D eigenvalue weighted by atomic mass is 16.5. The average Bonchev–Trinajstić information content (AvgIpc) is 2.54. The zero-order valence-corrected chi connectivity index (χ0v) is 13.3. The lowest BCUT2D eigenvalue weighted by atomic mass is 10.1. The van der Waals surface area contributed by atoms with Crippen molar-refractivity contribution in [2.24, 2.45) is 0 Å². The maximum Gasteiger partial charge on any atom is 0.365 e. The molecule has 0 atom stereocenters. The van der Waals surface area contributed by atoms with Crippen LogP contribution < -0.4 is 9.30 Å². The van der Waals surface area contributed by atoms with Crippen molar-refractivity contribution in [3.63, 3.8) is 0 Å². The number of hydrogen-bond donors (Lipinski definition) is 2. The number of hydrogen-bond acceptors (Lipinski definition) is 3. The number of aromatic nitrogens is 1. The second kappa shape index (κ2) is 6.16. The predicted molar refractivity (Wildman–Crippen MR) is 88.9 cm³/mol. The lowest BCUT2D eigenvalue weighted by Crippen LogP contribution is -2.34. The van der Waals surface area contributed by atoms with Crippen molar-refractivity contribution < 1.29 is 19.5 Å². The Morgan fingerprint density at radius 3 is 2.57 bits per heavy atom. The van der Waals surface area contributed by atoms with E-state index in [4.69, 9.17) is 4.74 Å². The molecule has 0 fully saturated rings. The summed E-state index contributed by atoms with van der Waals surface area (Å²) in [6.07, 6.45) is 2.72. The molecule has 1 heterocycles. The van der Waals surface area contributed by atoms with E-state index >= 15 is 0 Å². The van der Waals surface area contributed by atoms with Crippen molar-refractivity contribution in [2.75, 3.05) is 7.11 Å². The van der Waals surface area contributed by atoms with Crippen LogP contribution in [0.15, 0.2) is 48.7 Å². The minimum Gasteiger partial charge on any atom is -0.504 e. The Hall–Kier alpha value is -2.75. The Morgan fingerprint density at radius 2 is 1.83 bits per heavy atom. The molecule has 3 rings (SSSR count). The summed E-state index contributed by atoms with van der Waals surface area (Å²) in [7, 11) is 1.52. The summed E-state index contributed by atoms with van der Waals surface area (Å²) in [6, 6.07) is 13.3. The van der Waals surface area contributed by atoms with E-state index in [1.54, 1.807) is 18.2 Å². The second-order valence-corrected chi connectivity index (χ2v) is 5.65. The van der Waals surface area contributed by atoms with Gasteiger partial charge in [0.25, 0.3) is 0 Å². The quantitative estimate of drug-likeness (QED) is 0.728. The number of aromatic hydroxyl groups is 2. The second-order valence-electron chi connectivity index (χ2n) is 5.65. The maximum atomic E-state index is 10.2. The molecule has 0 amide bonds. The summed E-state index contributed by atoms with van der Waals surface area (Å²) in [6.45, 7) is 2.77. The molecule has 1 aromatic heterocycles. The van der Waals surface area contributed by atoms with Crippen LogP contribution in [0.1, 0.15) is 11.1 Å². The van der Waals surface area contributed by atoms with E-state index in [0.717, 1.165) is 17.2 Å². The van der Waals surface area contributed by atoms with Gasteiger partial charge in [-0.15, -0.1) is 0 Å². The van der Waals surface area contributed by atoms with Gasteiger partial charge in [0.15, 0.2) is 24.2 Å². The average molecular weight is 310 g/mol. The summed E-state index contributed by atoms with van der Waals surface area (Å²) < 4.78 is 6.96. The summed E-state index contributed by atoms with van der Waals surface area (Å²) >= 11 is 0. The minimum absolute atomic E-state index is 0.0667. The first-order chi connectivity index (χ1) is 11.1. The van der Waals surface area contributed by atoms with Gasteiger partial charge in [-0.05, 0) is 30.2 Å². The molecule has 0 radical (unpaired) electrons. The normalized spacial score (nSPS) is 10.9. The van der Waals surface area contributed by atoms with E-state index in [1.807, 2.05) is 22.9 Å². The molecule has 0 saturated carbocycles. The van der Waals surface area contributed by atoms with E-state index in [1.165, 1.54) is 18.2 Å². The van der Waals surface area contributed by atoms with Gasteiger partial charge in [-0.25, -0.2) is 0 Å². The van der Waals surface area contributed by atoms with Crippen molar-refractivity contribution >= 4 is 10.8 Å². The van der Waals surface area contributed by atoms with E-state index in [-0.39, 0.29) is 11.6 Å². The number of pyridine rings is 1. The minimum atomic E-state index is 0.0667. The molecule has 0 unspecified atom stereocenters. The topological polar surface area (TPSA) is 53.6 Å². The van der Waals surface area contributed by atoms with E-state index in [2.05, 4.69) is 19.1 Å². The smallest absolute Gasteiger partial charge is 0.365 e. The molecule has 0 aliphatic rings. The fourth-order valence-corrected chi connectivity index (χ4v) is 2.77. The third kappa shape index (κ3) is 3.06. The van der Waals surface area contributed by atoms with Gasteiger partial charge >= 0.3 is 5.88 Å². The number of phenols is 1. The van der Waals surface area contributed by atoms with Gasteiger partial charge in [0.1, 0.15) is 0 Å². The Morgan fingerprint density at radius 1 is 1.04 bits per heavy atom. The van der Waals surface area contributed by atoms with E-state index in [9.17, 15) is 10.2 Å². The van der Waals surface area contributed by atoms with Gasteiger partial charge in [-0.2, -0.15) is 4.57 Å². The Bertz CT molecular complexity index is 859. The van der Waals surface area contributed by atoms with Gasteiger partial charge in [0.05, 0.1) is 13.2 Å². The number of nitrogens with zero attached hydrogens (tertiary/aromatic N) is 1. The van der Waals surface area contributed by atoms with Crippen LogP contribution in [0.2, 0.25) is 0 Å². The molecule has 2 N–H and O–H groups in total. The maximum absolute atomic E-state index is 10.2. The molecule has 0 spiro atoms. The number of methoxy groups -OCH3 is 1. The summed E-state index contributed by atoms with van der Waals surface area (Å²) in [5, 5.41) is 21.7. The van der Waals surface area contributed by atoms with Crippen molar-refractivity contribution in [3.8, 4) is 17.4 Å². The number of benzene rings is 2. The number of ether oxygens (including phenoxy) is 1. The number of aryl methyl sites for hydroxylation is 3. The number of fused-ring (bicyclic) bond motifs is 1. The van der Waals surface area contributed by atoms with Gasteiger partial charge in [-0.3, -0.25) is 0 Å². The third-order valence-corrected chi connectivity index (χ3v) is 4.14. The molecular weight excluding hydrogens is 290 g/mol. The number of rotatable bonds is 4.